The number of nitro groups is 1. The summed E-state index contributed by atoms with van der Waals surface area (Å²) in [6.45, 7) is 0.266. The minimum atomic E-state index is -4.52. The normalized spacial score (nSPS) is 11.2. The third-order valence-corrected chi connectivity index (χ3v) is 2.62. The van der Waals surface area contributed by atoms with Gasteiger partial charge in [-0.25, -0.2) is 4.79 Å². The fraction of sp³-hybridized carbons (Fsp3) is 0.417. The molecule has 0 saturated carbocycles. The summed E-state index contributed by atoms with van der Waals surface area (Å²) in [6.07, 6.45) is -4.16. The number of nitrogens with zero attached hydrogens (tertiary/aromatic N) is 2. The van der Waals surface area contributed by atoms with Crippen LogP contribution in [0.4, 0.5) is 24.5 Å². The van der Waals surface area contributed by atoms with Crippen LogP contribution >= 0.6 is 0 Å². The summed E-state index contributed by atoms with van der Waals surface area (Å²) in [4.78, 5) is 21.7. The van der Waals surface area contributed by atoms with Crippen LogP contribution in [0.3, 0.4) is 0 Å². The van der Waals surface area contributed by atoms with E-state index in [0.717, 1.165) is 23.1 Å². The molecule has 6 nitrogen and oxygen atoms in total. The first-order chi connectivity index (χ1) is 9.65. The lowest BCUT2D eigenvalue weighted by atomic mass is 10.1. The number of carbonyl (C=O) groups is 1. The molecule has 0 spiro atoms. The minimum Gasteiger partial charge on any atom is -0.478 e. The van der Waals surface area contributed by atoms with Gasteiger partial charge < -0.3 is 10.0 Å². The van der Waals surface area contributed by atoms with E-state index in [0.29, 0.717) is 6.42 Å². The Morgan fingerprint density at radius 3 is 2.48 bits per heavy atom. The van der Waals surface area contributed by atoms with Crippen molar-refractivity contribution >= 4 is 17.3 Å². The fourth-order valence-corrected chi connectivity index (χ4v) is 1.84. The largest absolute Gasteiger partial charge is 0.478 e. The minimum absolute atomic E-state index is 0.0350. The fourth-order valence-electron chi connectivity index (χ4n) is 1.84. The third kappa shape index (κ3) is 4.62. The van der Waals surface area contributed by atoms with E-state index in [2.05, 4.69) is 0 Å². The maximum Gasteiger partial charge on any atom is 0.405 e. The number of halogens is 3. The smallest absolute Gasteiger partial charge is 0.405 e. The molecule has 0 radical (unpaired) electrons. The molecular formula is C12H13F3N2O4. The van der Waals surface area contributed by atoms with Crippen LogP contribution in [0, 0.1) is 10.1 Å². The molecule has 1 aromatic rings. The van der Waals surface area contributed by atoms with Crippen molar-refractivity contribution in [2.24, 2.45) is 0 Å². The standard InChI is InChI=1S/C12H13F3N2O4/c1-2-5-16(7-12(13,14)15)9-4-3-8(11(18)19)6-10(9)17(20)21/h3-4,6H,2,5,7H2,1H3,(H,18,19). The SMILES string of the molecule is CCCN(CC(F)(F)F)c1ccc(C(=O)O)cc1[N+](=O)[O-]. The van der Waals surface area contributed by atoms with Gasteiger partial charge in [-0.1, -0.05) is 6.92 Å². The molecule has 0 aliphatic carbocycles. The van der Waals surface area contributed by atoms with Crippen LogP contribution in [0.25, 0.3) is 0 Å². The van der Waals surface area contributed by atoms with Crippen molar-refractivity contribution in [3.05, 3.63) is 33.9 Å². The van der Waals surface area contributed by atoms with Crippen molar-refractivity contribution in [3.63, 3.8) is 0 Å². The molecule has 0 atom stereocenters. The van der Waals surface area contributed by atoms with Gasteiger partial charge in [0.1, 0.15) is 12.2 Å². The molecule has 0 fully saturated rings. The average Bonchev–Trinajstić information content (AvgIpc) is 2.35. The molecule has 1 aromatic carbocycles. The van der Waals surface area contributed by atoms with E-state index in [4.69, 9.17) is 5.11 Å². The van der Waals surface area contributed by atoms with Crippen molar-refractivity contribution < 1.29 is 28.0 Å². The zero-order valence-corrected chi connectivity index (χ0v) is 11.1. The lowest BCUT2D eigenvalue weighted by molar-refractivity contribution is -0.384. The van der Waals surface area contributed by atoms with Crippen molar-refractivity contribution in [3.8, 4) is 0 Å². The summed E-state index contributed by atoms with van der Waals surface area (Å²) in [5.74, 6) is -1.39. The van der Waals surface area contributed by atoms with E-state index in [1.54, 1.807) is 6.92 Å². The second-order valence-corrected chi connectivity index (χ2v) is 4.30. The summed E-state index contributed by atoms with van der Waals surface area (Å²) in [7, 11) is 0. The maximum atomic E-state index is 12.5. The first-order valence-electron chi connectivity index (χ1n) is 5.99. The van der Waals surface area contributed by atoms with Gasteiger partial charge in [0, 0.05) is 12.6 Å². The molecule has 1 rings (SSSR count). The van der Waals surface area contributed by atoms with Gasteiger partial charge in [0.25, 0.3) is 5.69 Å². The van der Waals surface area contributed by atoms with Gasteiger partial charge in [0.2, 0.25) is 0 Å². The lowest BCUT2D eigenvalue weighted by Gasteiger charge is -2.25. The van der Waals surface area contributed by atoms with Crippen molar-refractivity contribution in [2.75, 3.05) is 18.0 Å². The number of aromatic carboxylic acids is 1. The number of benzene rings is 1. The summed E-state index contributed by atoms with van der Waals surface area (Å²) in [5.41, 5.74) is -1.26. The third-order valence-electron chi connectivity index (χ3n) is 2.62. The van der Waals surface area contributed by atoms with E-state index in [9.17, 15) is 28.1 Å². The molecule has 0 unspecified atom stereocenters. The number of nitro benzene ring substituents is 1. The van der Waals surface area contributed by atoms with E-state index in [-0.39, 0.29) is 17.8 Å². The topological polar surface area (TPSA) is 83.7 Å². The van der Waals surface area contributed by atoms with E-state index in [1.165, 1.54) is 0 Å². The highest BCUT2D eigenvalue weighted by atomic mass is 19.4. The van der Waals surface area contributed by atoms with Gasteiger partial charge in [-0.3, -0.25) is 10.1 Å². The number of alkyl halides is 3. The first kappa shape index (κ1) is 16.7. The van der Waals surface area contributed by atoms with E-state index >= 15 is 0 Å². The molecular weight excluding hydrogens is 293 g/mol. The van der Waals surface area contributed by atoms with Gasteiger partial charge >= 0.3 is 12.1 Å². The molecule has 0 heterocycles. The predicted octanol–water partition coefficient (Wildman–Crippen LogP) is 3.07. The van der Waals surface area contributed by atoms with E-state index < -0.39 is 29.3 Å². The summed E-state index contributed by atoms with van der Waals surface area (Å²) < 4.78 is 37.6. The van der Waals surface area contributed by atoms with Crippen LogP contribution in [0.2, 0.25) is 0 Å². The highest BCUT2D eigenvalue weighted by Crippen LogP contribution is 2.31. The Labute approximate surface area is 117 Å². The number of anilines is 1. The highest BCUT2D eigenvalue weighted by Gasteiger charge is 2.33. The summed E-state index contributed by atoms with van der Waals surface area (Å²) >= 11 is 0. The molecule has 116 valence electrons. The maximum absolute atomic E-state index is 12.5. The Bertz CT molecular complexity index is 546. The summed E-state index contributed by atoms with van der Waals surface area (Å²) in [5, 5.41) is 19.8. The number of carboxylic acids is 1. The van der Waals surface area contributed by atoms with Crippen molar-refractivity contribution in [1.29, 1.82) is 0 Å². The van der Waals surface area contributed by atoms with Gasteiger partial charge in [-0.2, -0.15) is 13.2 Å². The van der Waals surface area contributed by atoms with Crippen LogP contribution in [-0.2, 0) is 0 Å². The average molecular weight is 306 g/mol. The number of rotatable bonds is 6. The van der Waals surface area contributed by atoms with Gasteiger partial charge in [-0.05, 0) is 18.6 Å². The summed E-state index contributed by atoms with van der Waals surface area (Å²) in [6, 6.07) is 2.84. The molecule has 1 N–H and O–H groups in total. The molecule has 0 amide bonds. The zero-order chi connectivity index (χ0) is 16.2. The molecule has 21 heavy (non-hydrogen) atoms. The first-order valence-corrected chi connectivity index (χ1v) is 5.99. The molecule has 0 aromatic heterocycles. The lowest BCUT2D eigenvalue weighted by Crippen LogP contribution is -2.35. The molecule has 0 saturated heterocycles. The quantitative estimate of drug-likeness (QED) is 0.645. The number of carboxylic acid groups (broad SMARTS) is 1. The van der Waals surface area contributed by atoms with Crippen LogP contribution in [0.15, 0.2) is 18.2 Å². The Morgan fingerprint density at radius 2 is 2.05 bits per heavy atom. The van der Waals surface area contributed by atoms with Gasteiger partial charge in [0.15, 0.2) is 0 Å². The van der Waals surface area contributed by atoms with Crippen LogP contribution in [0.5, 0.6) is 0 Å². The number of hydrogen-bond donors (Lipinski definition) is 1. The monoisotopic (exact) mass is 306 g/mol. The molecule has 9 heteroatoms. The predicted molar refractivity (Wildman–Crippen MR) is 68.6 cm³/mol. The second-order valence-electron chi connectivity index (χ2n) is 4.30. The Kier molecular flexibility index (Phi) is 5.12. The van der Waals surface area contributed by atoms with Gasteiger partial charge in [-0.15, -0.1) is 0 Å². The van der Waals surface area contributed by atoms with E-state index in [1.807, 2.05) is 0 Å². The molecule has 0 bridgehead atoms. The van der Waals surface area contributed by atoms with Crippen LogP contribution < -0.4 is 4.90 Å². The second kappa shape index (κ2) is 6.42. The van der Waals surface area contributed by atoms with Crippen molar-refractivity contribution in [1.82, 2.24) is 0 Å². The van der Waals surface area contributed by atoms with Crippen LogP contribution in [-0.4, -0.2) is 35.3 Å². The number of hydrogen-bond acceptors (Lipinski definition) is 4. The van der Waals surface area contributed by atoms with Gasteiger partial charge in [0.05, 0.1) is 10.5 Å². The zero-order valence-electron chi connectivity index (χ0n) is 11.1. The van der Waals surface area contributed by atoms with Crippen LogP contribution in [0.1, 0.15) is 23.7 Å². The van der Waals surface area contributed by atoms with Crippen molar-refractivity contribution in [2.45, 2.75) is 19.5 Å². The Morgan fingerprint density at radius 1 is 1.43 bits per heavy atom. The highest BCUT2D eigenvalue weighted by molar-refractivity contribution is 5.89. The Hall–Kier alpha value is -2.32. The molecule has 0 aliphatic heterocycles. The Balaban J connectivity index is 3.29. The molecule has 0 aliphatic rings.